The normalized spacial score (nSPS) is 13.4. The lowest BCUT2D eigenvalue weighted by molar-refractivity contribution is 0.0414. The molecule has 86 valence electrons. The van der Waals surface area contributed by atoms with Crippen molar-refractivity contribution in [2.45, 2.75) is 19.6 Å². The zero-order valence-corrected chi connectivity index (χ0v) is 9.30. The minimum atomic E-state index is -0.486. The average molecular weight is 215 g/mol. The van der Waals surface area contributed by atoms with Crippen LogP contribution in [0.2, 0.25) is 0 Å². The third-order valence-corrected chi connectivity index (χ3v) is 2.05. The maximum absolute atomic E-state index is 9.49. The molecule has 0 spiro atoms. The maximum atomic E-state index is 9.49. The first kappa shape index (κ1) is 12.1. The van der Waals surface area contributed by atoms with Gasteiger partial charge in [-0.2, -0.15) is 0 Å². The monoisotopic (exact) mass is 215 g/mol. The van der Waals surface area contributed by atoms with Gasteiger partial charge in [-0.25, -0.2) is 4.63 Å². The lowest BCUT2D eigenvalue weighted by Gasteiger charge is -2.18. The number of hydrogen-bond donors (Lipinski definition) is 1. The van der Waals surface area contributed by atoms with Gasteiger partial charge in [0.25, 0.3) is 0 Å². The number of aliphatic hydroxyl groups excluding tert-OH is 1. The van der Waals surface area contributed by atoms with Gasteiger partial charge >= 0.3 is 0 Å². The summed E-state index contributed by atoms with van der Waals surface area (Å²) in [6.45, 7) is 3.31. The van der Waals surface area contributed by atoms with Crippen molar-refractivity contribution < 1.29 is 14.5 Å². The van der Waals surface area contributed by atoms with Gasteiger partial charge in [-0.3, -0.25) is 4.90 Å². The first-order chi connectivity index (χ1) is 7.13. The Morgan fingerprint density at radius 3 is 2.80 bits per heavy atom. The van der Waals surface area contributed by atoms with Crippen LogP contribution in [0.15, 0.2) is 4.63 Å². The van der Waals surface area contributed by atoms with Crippen LogP contribution in [0.1, 0.15) is 11.4 Å². The van der Waals surface area contributed by atoms with Crippen molar-refractivity contribution in [3.63, 3.8) is 0 Å². The van der Waals surface area contributed by atoms with E-state index in [2.05, 4.69) is 14.9 Å². The van der Waals surface area contributed by atoms with E-state index < -0.39 is 6.10 Å². The highest BCUT2D eigenvalue weighted by Gasteiger charge is 2.12. The second-order valence-corrected chi connectivity index (χ2v) is 3.60. The van der Waals surface area contributed by atoms with Gasteiger partial charge in [0.05, 0.1) is 12.7 Å². The number of aliphatic hydroxyl groups is 1. The van der Waals surface area contributed by atoms with Gasteiger partial charge in [-0.05, 0) is 14.0 Å². The van der Waals surface area contributed by atoms with Gasteiger partial charge in [-0.1, -0.05) is 10.3 Å². The van der Waals surface area contributed by atoms with Crippen molar-refractivity contribution in [1.82, 2.24) is 15.2 Å². The molecule has 6 nitrogen and oxygen atoms in total. The van der Waals surface area contributed by atoms with Crippen LogP contribution >= 0.6 is 0 Å². The molecule has 1 N–H and O–H groups in total. The van der Waals surface area contributed by atoms with E-state index in [1.54, 1.807) is 7.11 Å². The maximum Gasteiger partial charge on any atom is 0.122 e. The van der Waals surface area contributed by atoms with E-state index in [4.69, 9.17) is 4.74 Å². The van der Waals surface area contributed by atoms with Crippen LogP contribution in [-0.4, -0.2) is 53.7 Å². The third kappa shape index (κ3) is 3.94. The van der Waals surface area contributed by atoms with Crippen LogP contribution in [0.4, 0.5) is 0 Å². The molecule has 0 fully saturated rings. The summed E-state index contributed by atoms with van der Waals surface area (Å²) in [5.41, 5.74) is 1.57. The van der Waals surface area contributed by atoms with Crippen LogP contribution in [0.25, 0.3) is 0 Å². The molecule has 1 aromatic heterocycles. The van der Waals surface area contributed by atoms with Crippen molar-refractivity contribution in [3.8, 4) is 0 Å². The number of likely N-dealkylation sites (N-methyl/N-ethyl adjacent to an activating group) is 1. The summed E-state index contributed by atoms with van der Waals surface area (Å²) in [7, 11) is 3.46. The predicted octanol–water partition coefficient (Wildman–Crippen LogP) is -0.183. The number of rotatable bonds is 6. The lowest BCUT2D eigenvalue weighted by atomic mass is 10.3. The predicted molar refractivity (Wildman–Crippen MR) is 53.3 cm³/mol. The number of methoxy groups -OCH3 is 1. The largest absolute Gasteiger partial charge is 0.389 e. The van der Waals surface area contributed by atoms with E-state index in [0.29, 0.717) is 19.7 Å². The first-order valence-electron chi connectivity index (χ1n) is 4.77. The van der Waals surface area contributed by atoms with E-state index in [1.165, 1.54) is 0 Å². The molecule has 6 heteroatoms. The van der Waals surface area contributed by atoms with Crippen molar-refractivity contribution >= 4 is 0 Å². The molecular formula is C9H17N3O3. The van der Waals surface area contributed by atoms with Crippen molar-refractivity contribution in [3.05, 3.63) is 11.4 Å². The molecule has 0 aromatic carbocycles. The first-order valence-corrected chi connectivity index (χ1v) is 4.77. The molecule has 1 aromatic rings. The molecule has 0 aliphatic rings. The van der Waals surface area contributed by atoms with E-state index in [9.17, 15) is 5.11 Å². The van der Waals surface area contributed by atoms with E-state index in [-0.39, 0.29) is 0 Å². The summed E-state index contributed by atoms with van der Waals surface area (Å²) in [5.74, 6) is 0. The topological polar surface area (TPSA) is 71.6 Å². The van der Waals surface area contributed by atoms with Gasteiger partial charge in [-0.15, -0.1) is 0 Å². The van der Waals surface area contributed by atoms with Crippen LogP contribution in [0.5, 0.6) is 0 Å². The summed E-state index contributed by atoms with van der Waals surface area (Å²) in [5, 5.41) is 16.9. The number of aromatic nitrogens is 2. The van der Waals surface area contributed by atoms with Gasteiger partial charge < -0.3 is 9.84 Å². The fourth-order valence-corrected chi connectivity index (χ4v) is 1.32. The Kier molecular flexibility index (Phi) is 4.67. The minimum Gasteiger partial charge on any atom is -0.389 e. The van der Waals surface area contributed by atoms with Crippen LogP contribution < -0.4 is 0 Å². The number of ether oxygens (including phenoxy) is 1. The molecule has 0 amide bonds. The van der Waals surface area contributed by atoms with E-state index >= 15 is 0 Å². The molecule has 0 saturated heterocycles. The van der Waals surface area contributed by atoms with Gasteiger partial charge in [0.2, 0.25) is 0 Å². The van der Waals surface area contributed by atoms with Crippen LogP contribution in [-0.2, 0) is 11.3 Å². The molecule has 1 atom stereocenters. The summed E-state index contributed by atoms with van der Waals surface area (Å²) >= 11 is 0. The zero-order valence-electron chi connectivity index (χ0n) is 9.30. The second kappa shape index (κ2) is 5.79. The molecular weight excluding hydrogens is 198 g/mol. The van der Waals surface area contributed by atoms with E-state index in [1.807, 2.05) is 18.9 Å². The summed E-state index contributed by atoms with van der Waals surface area (Å²) < 4.78 is 9.43. The van der Waals surface area contributed by atoms with Crippen molar-refractivity contribution in [2.24, 2.45) is 0 Å². The fraction of sp³-hybridized carbons (Fsp3) is 0.778. The molecule has 0 saturated carbocycles. The Balaban J connectivity index is 2.36. The molecule has 1 rings (SSSR count). The Hall–Kier alpha value is -0.980. The Morgan fingerprint density at radius 1 is 1.53 bits per heavy atom. The van der Waals surface area contributed by atoms with Crippen LogP contribution in [0, 0.1) is 6.92 Å². The molecule has 0 radical (unpaired) electrons. The van der Waals surface area contributed by atoms with Gasteiger partial charge in [0.15, 0.2) is 0 Å². The Bertz CT molecular complexity index is 290. The SMILES string of the molecule is COCC(O)CN(C)Cc1nonc1C. The molecule has 0 aliphatic heterocycles. The van der Waals surface area contributed by atoms with Gasteiger partial charge in [0.1, 0.15) is 11.4 Å². The molecule has 1 unspecified atom stereocenters. The number of nitrogens with zero attached hydrogens (tertiary/aromatic N) is 3. The van der Waals surface area contributed by atoms with E-state index in [0.717, 1.165) is 11.4 Å². The quantitative estimate of drug-likeness (QED) is 0.709. The summed E-state index contributed by atoms with van der Waals surface area (Å²) in [4.78, 5) is 1.94. The average Bonchev–Trinajstić information content (AvgIpc) is 2.52. The number of aryl methyl sites for hydroxylation is 1. The molecule has 1 heterocycles. The minimum absolute atomic E-state index is 0.334. The highest BCUT2D eigenvalue weighted by atomic mass is 16.6. The van der Waals surface area contributed by atoms with Gasteiger partial charge in [0, 0.05) is 20.2 Å². The number of hydrogen-bond acceptors (Lipinski definition) is 6. The Labute approximate surface area is 88.8 Å². The fourth-order valence-electron chi connectivity index (χ4n) is 1.32. The Morgan fingerprint density at radius 2 is 2.27 bits per heavy atom. The summed E-state index contributed by atoms with van der Waals surface area (Å²) in [6, 6.07) is 0. The highest BCUT2D eigenvalue weighted by molar-refractivity contribution is 5.03. The highest BCUT2D eigenvalue weighted by Crippen LogP contribution is 2.04. The molecule has 0 aliphatic carbocycles. The molecule has 15 heavy (non-hydrogen) atoms. The lowest BCUT2D eigenvalue weighted by Crippen LogP contribution is -2.31. The smallest absolute Gasteiger partial charge is 0.122 e. The third-order valence-electron chi connectivity index (χ3n) is 2.05. The summed E-state index contributed by atoms with van der Waals surface area (Å²) in [6.07, 6.45) is -0.486. The standard InChI is InChI=1S/C9H17N3O3/c1-7-9(11-15-10-7)5-12(2)4-8(13)6-14-3/h8,13H,4-6H2,1-3H3. The zero-order chi connectivity index (χ0) is 11.3. The second-order valence-electron chi connectivity index (χ2n) is 3.60. The van der Waals surface area contributed by atoms with Crippen molar-refractivity contribution in [2.75, 3.05) is 27.3 Å². The van der Waals surface area contributed by atoms with Crippen LogP contribution in [0.3, 0.4) is 0 Å². The molecule has 0 bridgehead atoms. The van der Waals surface area contributed by atoms with Crippen molar-refractivity contribution in [1.29, 1.82) is 0 Å².